The predicted molar refractivity (Wildman–Crippen MR) is 61.1 cm³/mol. The van der Waals surface area contributed by atoms with Crippen LogP contribution in [0.1, 0.15) is 26.3 Å². The molecule has 0 N–H and O–H groups in total. The Bertz CT molecular complexity index is 463. The van der Waals surface area contributed by atoms with Crippen LogP contribution in [0, 0.1) is 0 Å². The number of hydrogen-bond acceptors (Lipinski definition) is 0. The summed E-state index contributed by atoms with van der Waals surface area (Å²) in [5.41, 5.74) is 2.60. The maximum atomic E-state index is 6.06. The van der Waals surface area contributed by atoms with Gasteiger partial charge in [-0.2, -0.15) is 0 Å². The molecule has 0 amide bonds. The third-order valence-corrected chi connectivity index (χ3v) is 2.78. The van der Waals surface area contributed by atoms with E-state index in [-0.39, 0.29) is 5.41 Å². The lowest BCUT2D eigenvalue weighted by Crippen LogP contribution is -2.11. The zero-order valence-corrected chi connectivity index (χ0v) is 9.47. The van der Waals surface area contributed by atoms with E-state index >= 15 is 0 Å². The van der Waals surface area contributed by atoms with Crippen LogP contribution in [0.4, 0.5) is 0 Å². The van der Waals surface area contributed by atoms with Crippen LogP contribution in [0.2, 0.25) is 5.15 Å². The number of aromatic nitrogens is 1. The molecule has 0 fully saturated rings. The fourth-order valence-corrected chi connectivity index (χ4v) is 1.72. The highest BCUT2D eigenvalue weighted by atomic mass is 35.5. The summed E-state index contributed by atoms with van der Waals surface area (Å²) in [6, 6.07) is 8.20. The van der Waals surface area contributed by atoms with Crippen LogP contribution in [-0.4, -0.2) is 4.40 Å². The van der Waals surface area contributed by atoms with Gasteiger partial charge in [0, 0.05) is 11.7 Å². The Morgan fingerprint density at radius 3 is 2.36 bits per heavy atom. The quantitative estimate of drug-likeness (QED) is 0.618. The Morgan fingerprint density at radius 1 is 1.07 bits per heavy atom. The topological polar surface area (TPSA) is 4.41 Å². The first-order valence-corrected chi connectivity index (χ1v) is 5.13. The minimum absolute atomic E-state index is 0.168. The molecular formula is C12H14ClN. The zero-order chi connectivity index (χ0) is 10.3. The first kappa shape index (κ1) is 9.60. The second kappa shape index (κ2) is 3.03. The molecular weight excluding hydrogens is 194 g/mol. The van der Waals surface area contributed by atoms with Gasteiger partial charge < -0.3 is 4.40 Å². The fourth-order valence-electron chi connectivity index (χ4n) is 1.51. The summed E-state index contributed by atoms with van der Waals surface area (Å²) < 4.78 is 2.02. The van der Waals surface area contributed by atoms with Crippen molar-refractivity contribution in [3.63, 3.8) is 0 Å². The van der Waals surface area contributed by atoms with Gasteiger partial charge in [0.15, 0.2) is 0 Å². The van der Waals surface area contributed by atoms with Crippen LogP contribution in [0.25, 0.3) is 5.52 Å². The van der Waals surface area contributed by atoms with E-state index in [9.17, 15) is 0 Å². The largest absolute Gasteiger partial charge is 0.307 e. The molecule has 14 heavy (non-hydrogen) atoms. The molecule has 0 aliphatic heterocycles. The second-order valence-corrected chi connectivity index (χ2v) is 5.01. The lowest BCUT2D eigenvalue weighted by atomic mass is 9.88. The van der Waals surface area contributed by atoms with Crippen molar-refractivity contribution in [3.05, 3.63) is 41.2 Å². The molecule has 0 aliphatic carbocycles. The number of rotatable bonds is 0. The Labute approximate surface area is 89.3 Å². The molecule has 2 aromatic rings. The van der Waals surface area contributed by atoms with Crippen molar-refractivity contribution in [2.45, 2.75) is 26.2 Å². The average molecular weight is 208 g/mol. The molecule has 0 atom stereocenters. The number of hydrogen-bond donors (Lipinski definition) is 0. The van der Waals surface area contributed by atoms with Gasteiger partial charge in [-0.05, 0) is 29.2 Å². The van der Waals surface area contributed by atoms with Crippen LogP contribution < -0.4 is 0 Å². The molecule has 0 bridgehead atoms. The number of fused-ring (bicyclic) bond motifs is 1. The molecule has 0 unspecified atom stereocenters. The van der Waals surface area contributed by atoms with Gasteiger partial charge in [0.05, 0.1) is 0 Å². The number of nitrogens with zero attached hydrogens (tertiary/aromatic N) is 1. The molecule has 0 spiro atoms. The minimum Gasteiger partial charge on any atom is -0.307 e. The van der Waals surface area contributed by atoms with Gasteiger partial charge in [0.25, 0.3) is 0 Å². The molecule has 0 aromatic carbocycles. The highest BCUT2D eigenvalue weighted by Crippen LogP contribution is 2.24. The van der Waals surface area contributed by atoms with Crippen LogP contribution in [0.3, 0.4) is 0 Å². The van der Waals surface area contributed by atoms with Crippen molar-refractivity contribution < 1.29 is 0 Å². The summed E-state index contributed by atoms with van der Waals surface area (Å²) in [5.74, 6) is 0. The van der Waals surface area contributed by atoms with Crippen LogP contribution in [0.15, 0.2) is 30.5 Å². The molecule has 1 nitrogen and oxygen atoms in total. The van der Waals surface area contributed by atoms with Gasteiger partial charge >= 0.3 is 0 Å². The van der Waals surface area contributed by atoms with Gasteiger partial charge in [-0.15, -0.1) is 0 Å². The SMILES string of the molecule is CC(C)(C)c1ccc2ccc(Cl)n2c1. The van der Waals surface area contributed by atoms with Crippen LogP contribution in [0.5, 0.6) is 0 Å². The molecule has 0 aliphatic rings. The van der Waals surface area contributed by atoms with Crippen molar-refractivity contribution >= 4 is 17.1 Å². The predicted octanol–water partition coefficient (Wildman–Crippen LogP) is 3.89. The highest BCUT2D eigenvalue weighted by Gasteiger charge is 2.14. The van der Waals surface area contributed by atoms with Gasteiger partial charge in [-0.25, -0.2) is 0 Å². The van der Waals surface area contributed by atoms with E-state index in [2.05, 4.69) is 39.1 Å². The van der Waals surface area contributed by atoms with E-state index < -0.39 is 0 Å². The number of pyridine rings is 1. The van der Waals surface area contributed by atoms with Crippen LogP contribution in [-0.2, 0) is 5.41 Å². The highest BCUT2D eigenvalue weighted by molar-refractivity contribution is 6.30. The maximum Gasteiger partial charge on any atom is 0.113 e. The fraction of sp³-hybridized carbons (Fsp3) is 0.333. The van der Waals surface area contributed by atoms with E-state index in [0.29, 0.717) is 0 Å². The standard InChI is InChI=1S/C12H14ClN/c1-12(2,3)9-4-5-10-6-7-11(13)14(10)8-9/h4-8H,1-3H3. The van der Waals surface area contributed by atoms with Crippen LogP contribution >= 0.6 is 11.6 Å². The molecule has 74 valence electrons. The average Bonchev–Trinajstić information content (AvgIpc) is 2.46. The molecule has 2 aromatic heterocycles. The Kier molecular flexibility index (Phi) is 2.07. The normalized spacial score (nSPS) is 12.3. The molecule has 0 saturated heterocycles. The molecule has 2 heterocycles. The van der Waals surface area contributed by atoms with Crippen molar-refractivity contribution in [3.8, 4) is 0 Å². The van der Waals surface area contributed by atoms with E-state index in [1.807, 2.05) is 16.5 Å². The van der Waals surface area contributed by atoms with Crippen molar-refractivity contribution in [1.82, 2.24) is 4.40 Å². The third kappa shape index (κ3) is 1.53. The summed E-state index contributed by atoms with van der Waals surface area (Å²) in [4.78, 5) is 0. The van der Waals surface area contributed by atoms with E-state index in [0.717, 1.165) is 10.7 Å². The zero-order valence-electron chi connectivity index (χ0n) is 8.71. The smallest absolute Gasteiger partial charge is 0.113 e. The van der Waals surface area contributed by atoms with Crippen molar-refractivity contribution in [2.75, 3.05) is 0 Å². The lowest BCUT2D eigenvalue weighted by Gasteiger charge is -2.19. The molecule has 0 saturated carbocycles. The Balaban J connectivity index is 2.66. The van der Waals surface area contributed by atoms with E-state index in [1.165, 1.54) is 5.56 Å². The summed E-state index contributed by atoms with van der Waals surface area (Å²) in [7, 11) is 0. The summed E-state index contributed by atoms with van der Waals surface area (Å²) >= 11 is 6.06. The number of halogens is 1. The maximum absolute atomic E-state index is 6.06. The first-order valence-electron chi connectivity index (χ1n) is 4.75. The molecule has 2 heteroatoms. The Morgan fingerprint density at radius 2 is 1.71 bits per heavy atom. The minimum atomic E-state index is 0.168. The van der Waals surface area contributed by atoms with Crippen molar-refractivity contribution in [2.24, 2.45) is 0 Å². The second-order valence-electron chi connectivity index (χ2n) is 4.62. The van der Waals surface area contributed by atoms with Gasteiger partial charge in [-0.1, -0.05) is 38.4 Å². The summed E-state index contributed by atoms with van der Waals surface area (Å²) in [6.07, 6.45) is 2.11. The summed E-state index contributed by atoms with van der Waals surface area (Å²) in [6.45, 7) is 6.60. The Hall–Kier alpha value is -0.950. The van der Waals surface area contributed by atoms with Gasteiger partial charge in [0.1, 0.15) is 5.15 Å². The molecule has 2 rings (SSSR count). The van der Waals surface area contributed by atoms with E-state index in [4.69, 9.17) is 11.6 Å². The van der Waals surface area contributed by atoms with Crippen molar-refractivity contribution in [1.29, 1.82) is 0 Å². The lowest BCUT2D eigenvalue weighted by molar-refractivity contribution is 0.586. The molecule has 0 radical (unpaired) electrons. The van der Waals surface area contributed by atoms with Gasteiger partial charge in [-0.3, -0.25) is 0 Å². The van der Waals surface area contributed by atoms with Gasteiger partial charge in [0.2, 0.25) is 0 Å². The first-order chi connectivity index (χ1) is 6.48. The monoisotopic (exact) mass is 207 g/mol. The third-order valence-electron chi connectivity index (χ3n) is 2.47. The van der Waals surface area contributed by atoms with E-state index in [1.54, 1.807) is 0 Å². The summed E-state index contributed by atoms with van der Waals surface area (Å²) in [5, 5.41) is 0.770.